The molecule has 0 aromatic rings. The van der Waals surface area contributed by atoms with Crippen LogP contribution in [-0.2, 0) is 4.79 Å². The summed E-state index contributed by atoms with van der Waals surface area (Å²) in [6.45, 7) is 3.25. The highest BCUT2D eigenvalue weighted by molar-refractivity contribution is 5.82. The molecule has 0 aromatic carbocycles. The van der Waals surface area contributed by atoms with Crippen LogP contribution in [0, 0.1) is 18.3 Å². The first-order valence-corrected chi connectivity index (χ1v) is 3.63. The lowest BCUT2D eigenvalue weighted by molar-refractivity contribution is -0.174. The highest BCUT2D eigenvalue weighted by atomic mass is 19.4. The predicted molar refractivity (Wildman–Crippen MR) is 41.7 cm³/mol. The highest BCUT2D eigenvalue weighted by Crippen LogP contribution is 2.15. The van der Waals surface area contributed by atoms with Crippen molar-refractivity contribution in [3.8, 4) is 12.3 Å². The molecule has 0 aliphatic heterocycles. The molecule has 0 unspecified atom stereocenters. The molecule has 13 heavy (non-hydrogen) atoms. The molecule has 0 radical (unpaired) electrons. The quantitative estimate of drug-likeness (QED) is 0.658. The second-order valence-corrected chi connectivity index (χ2v) is 2.86. The molecular weight excluding hydrogens is 183 g/mol. The number of hydrogen-bond donors (Lipinski definition) is 1. The SMILES string of the molecule is C#C[C@@H](NC(=O)C(F)(F)F)C(C)C. The summed E-state index contributed by atoms with van der Waals surface area (Å²) in [5.74, 6) is -0.149. The number of halogens is 3. The maximum absolute atomic E-state index is 11.7. The van der Waals surface area contributed by atoms with Crippen molar-refractivity contribution in [2.75, 3.05) is 0 Å². The number of terminal acetylenes is 1. The van der Waals surface area contributed by atoms with Gasteiger partial charge in [-0.3, -0.25) is 4.79 Å². The first-order chi connectivity index (χ1) is 5.79. The van der Waals surface area contributed by atoms with Crippen molar-refractivity contribution >= 4 is 5.91 Å². The van der Waals surface area contributed by atoms with Crippen molar-refractivity contribution in [1.29, 1.82) is 0 Å². The van der Waals surface area contributed by atoms with Crippen molar-refractivity contribution in [2.45, 2.75) is 26.1 Å². The van der Waals surface area contributed by atoms with Gasteiger partial charge in [-0.05, 0) is 5.92 Å². The molecule has 0 heterocycles. The van der Waals surface area contributed by atoms with Gasteiger partial charge < -0.3 is 5.32 Å². The van der Waals surface area contributed by atoms with Crippen LogP contribution in [0.5, 0.6) is 0 Å². The molecule has 1 N–H and O–H groups in total. The number of alkyl halides is 3. The molecule has 0 aliphatic rings. The van der Waals surface area contributed by atoms with Gasteiger partial charge in [0.25, 0.3) is 0 Å². The van der Waals surface area contributed by atoms with Crippen LogP contribution in [0.4, 0.5) is 13.2 Å². The average molecular weight is 193 g/mol. The molecule has 0 rings (SSSR count). The highest BCUT2D eigenvalue weighted by Gasteiger charge is 2.39. The van der Waals surface area contributed by atoms with Gasteiger partial charge in [-0.25, -0.2) is 0 Å². The molecule has 0 saturated carbocycles. The van der Waals surface area contributed by atoms with Gasteiger partial charge in [-0.1, -0.05) is 19.8 Å². The first kappa shape index (κ1) is 11.8. The average Bonchev–Trinajstić information content (AvgIpc) is 1.96. The summed E-state index contributed by atoms with van der Waals surface area (Å²) < 4.78 is 35.2. The lowest BCUT2D eigenvalue weighted by Crippen LogP contribution is -2.44. The summed E-state index contributed by atoms with van der Waals surface area (Å²) in [5.41, 5.74) is 0. The van der Waals surface area contributed by atoms with Gasteiger partial charge in [0, 0.05) is 0 Å². The monoisotopic (exact) mass is 193 g/mol. The molecule has 0 saturated heterocycles. The second kappa shape index (κ2) is 4.17. The summed E-state index contributed by atoms with van der Waals surface area (Å²) in [7, 11) is 0. The Hall–Kier alpha value is -1.18. The van der Waals surface area contributed by atoms with Crippen molar-refractivity contribution in [1.82, 2.24) is 5.32 Å². The van der Waals surface area contributed by atoms with Gasteiger partial charge in [-0.2, -0.15) is 13.2 Å². The normalized spacial score (nSPS) is 13.6. The van der Waals surface area contributed by atoms with E-state index in [4.69, 9.17) is 6.42 Å². The smallest absolute Gasteiger partial charge is 0.334 e. The van der Waals surface area contributed by atoms with Crippen LogP contribution < -0.4 is 5.32 Å². The Kier molecular flexibility index (Phi) is 3.79. The minimum absolute atomic E-state index is 0.226. The van der Waals surface area contributed by atoms with Crippen LogP contribution >= 0.6 is 0 Å². The molecule has 1 amide bonds. The van der Waals surface area contributed by atoms with Gasteiger partial charge in [0.15, 0.2) is 0 Å². The maximum Gasteiger partial charge on any atom is 0.471 e. The fourth-order valence-electron chi connectivity index (χ4n) is 0.624. The van der Waals surface area contributed by atoms with Crippen molar-refractivity contribution in [2.24, 2.45) is 5.92 Å². The topological polar surface area (TPSA) is 29.1 Å². The van der Waals surface area contributed by atoms with E-state index in [1.54, 1.807) is 19.2 Å². The lowest BCUT2D eigenvalue weighted by Gasteiger charge is -2.17. The summed E-state index contributed by atoms with van der Waals surface area (Å²) in [6.07, 6.45) is 0.0622. The van der Waals surface area contributed by atoms with E-state index in [-0.39, 0.29) is 5.92 Å². The number of carbonyl (C=O) groups excluding carboxylic acids is 1. The Bertz CT molecular complexity index is 227. The van der Waals surface area contributed by atoms with Crippen molar-refractivity contribution in [3.63, 3.8) is 0 Å². The fraction of sp³-hybridized carbons (Fsp3) is 0.625. The van der Waals surface area contributed by atoms with Crippen LogP contribution in [0.25, 0.3) is 0 Å². The minimum Gasteiger partial charge on any atom is -0.334 e. The standard InChI is InChI=1S/C8H10F3NO/c1-4-6(5(2)3)12-7(13)8(9,10)11/h1,5-6H,2-3H3,(H,12,13)/t6-/m1/s1. The zero-order valence-electron chi connectivity index (χ0n) is 7.27. The summed E-state index contributed by atoms with van der Waals surface area (Å²) in [5, 5.41) is 1.71. The molecule has 0 aromatic heterocycles. The zero-order valence-corrected chi connectivity index (χ0v) is 7.27. The minimum atomic E-state index is -4.87. The number of rotatable bonds is 2. The number of amides is 1. The number of hydrogen-bond acceptors (Lipinski definition) is 1. The van der Waals surface area contributed by atoms with Crippen LogP contribution in [0.2, 0.25) is 0 Å². The van der Waals surface area contributed by atoms with E-state index in [9.17, 15) is 18.0 Å². The van der Waals surface area contributed by atoms with Gasteiger partial charge in [0.1, 0.15) is 0 Å². The van der Waals surface area contributed by atoms with Crippen LogP contribution in [0.1, 0.15) is 13.8 Å². The van der Waals surface area contributed by atoms with Crippen molar-refractivity contribution in [3.05, 3.63) is 0 Å². The molecular formula is C8H10F3NO. The Morgan fingerprint density at radius 2 is 1.92 bits per heavy atom. The summed E-state index contributed by atoms with van der Waals surface area (Å²) >= 11 is 0. The second-order valence-electron chi connectivity index (χ2n) is 2.86. The van der Waals surface area contributed by atoms with E-state index in [0.717, 1.165) is 0 Å². The third kappa shape index (κ3) is 3.83. The third-order valence-electron chi connectivity index (χ3n) is 1.39. The molecule has 0 aliphatic carbocycles. The molecule has 0 bridgehead atoms. The zero-order chi connectivity index (χ0) is 10.6. The van der Waals surface area contributed by atoms with E-state index in [2.05, 4.69) is 5.92 Å². The number of carbonyl (C=O) groups is 1. The Balaban J connectivity index is 4.29. The number of nitrogens with one attached hydrogen (secondary N) is 1. The van der Waals surface area contributed by atoms with E-state index < -0.39 is 18.1 Å². The Morgan fingerprint density at radius 1 is 1.46 bits per heavy atom. The predicted octanol–water partition coefficient (Wildman–Crippen LogP) is 1.32. The first-order valence-electron chi connectivity index (χ1n) is 3.63. The summed E-state index contributed by atoms with van der Waals surface area (Å²) in [6, 6.07) is -0.880. The molecule has 0 spiro atoms. The van der Waals surface area contributed by atoms with E-state index in [0.29, 0.717) is 0 Å². The van der Waals surface area contributed by atoms with Crippen LogP contribution in [-0.4, -0.2) is 18.1 Å². The fourth-order valence-corrected chi connectivity index (χ4v) is 0.624. The third-order valence-corrected chi connectivity index (χ3v) is 1.39. The van der Waals surface area contributed by atoms with Gasteiger partial charge in [0.2, 0.25) is 0 Å². The van der Waals surface area contributed by atoms with Crippen LogP contribution in [0.15, 0.2) is 0 Å². The Labute approximate surface area is 74.5 Å². The lowest BCUT2D eigenvalue weighted by atomic mass is 10.1. The largest absolute Gasteiger partial charge is 0.471 e. The Morgan fingerprint density at radius 3 is 2.15 bits per heavy atom. The molecule has 2 nitrogen and oxygen atoms in total. The van der Waals surface area contributed by atoms with E-state index in [1.165, 1.54) is 0 Å². The van der Waals surface area contributed by atoms with Crippen LogP contribution in [0.3, 0.4) is 0 Å². The van der Waals surface area contributed by atoms with E-state index in [1.807, 2.05) is 0 Å². The maximum atomic E-state index is 11.7. The molecule has 0 fully saturated rings. The summed E-state index contributed by atoms with van der Waals surface area (Å²) in [4.78, 5) is 10.4. The van der Waals surface area contributed by atoms with Gasteiger partial charge >= 0.3 is 12.1 Å². The molecule has 5 heteroatoms. The van der Waals surface area contributed by atoms with E-state index >= 15 is 0 Å². The van der Waals surface area contributed by atoms with Gasteiger partial charge in [-0.15, -0.1) is 6.42 Å². The molecule has 74 valence electrons. The molecule has 1 atom stereocenters. The van der Waals surface area contributed by atoms with Crippen molar-refractivity contribution < 1.29 is 18.0 Å². The van der Waals surface area contributed by atoms with Gasteiger partial charge in [0.05, 0.1) is 6.04 Å².